The quantitative estimate of drug-likeness (QED) is 0.699. The largest absolute Gasteiger partial charge is 0.516 e. The molecule has 2 N–H and O–H groups in total. The van der Waals surface area contributed by atoms with Crippen LogP contribution in [0.4, 0.5) is 0 Å². The highest BCUT2D eigenvalue weighted by Gasteiger charge is 2.00. The van der Waals surface area contributed by atoms with Gasteiger partial charge in [0.15, 0.2) is 11.5 Å². The minimum Gasteiger partial charge on any atom is -0.516 e. The topological polar surface area (TPSA) is 49.7 Å². The van der Waals surface area contributed by atoms with Gasteiger partial charge in [0.25, 0.3) is 0 Å². The lowest BCUT2D eigenvalue weighted by molar-refractivity contribution is 0.373. The van der Waals surface area contributed by atoms with Gasteiger partial charge in [0.2, 0.25) is 0 Å². The highest BCUT2D eigenvalue weighted by atomic mass is 16.5. The van der Waals surface area contributed by atoms with Gasteiger partial charge in [-0.05, 0) is 30.2 Å². The first-order valence-corrected chi connectivity index (χ1v) is 3.93. The van der Waals surface area contributed by atoms with Crippen LogP contribution in [0.15, 0.2) is 30.5 Å². The predicted octanol–water partition coefficient (Wildman–Crippen LogP) is 2.02. The van der Waals surface area contributed by atoms with Crippen molar-refractivity contribution in [2.24, 2.45) is 0 Å². The Morgan fingerprint density at radius 2 is 2.23 bits per heavy atom. The number of phenolic OH excluding ortho intramolecular Hbond substituents is 1. The van der Waals surface area contributed by atoms with Crippen LogP contribution < -0.4 is 4.74 Å². The van der Waals surface area contributed by atoms with Gasteiger partial charge in [0, 0.05) is 0 Å². The maximum atomic E-state index is 9.27. The Hall–Kier alpha value is -1.64. The highest BCUT2D eigenvalue weighted by Crippen LogP contribution is 2.26. The number of benzene rings is 1. The van der Waals surface area contributed by atoms with E-state index in [1.54, 1.807) is 24.3 Å². The molecule has 0 aliphatic heterocycles. The van der Waals surface area contributed by atoms with Gasteiger partial charge in [-0.2, -0.15) is 0 Å². The van der Waals surface area contributed by atoms with Gasteiger partial charge >= 0.3 is 0 Å². The fourth-order valence-corrected chi connectivity index (χ4v) is 1.04. The predicted molar refractivity (Wildman–Crippen MR) is 50.1 cm³/mol. The first-order chi connectivity index (χ1) is 6.27. The molecule has 0 bridgehead atoms. The average Bonchev–Trinajstić information content (AvgIpc) is 2.16. The first-order valence-electron chi connectivity index (χ1n) is 3.93. The molecule has 0 atom stereocenters. The minimum atomic E-state index is 0.124. The van der Waals surface area contributed by atoms with Crippen LogP contribution >= 0.6 is 0 Å². The van der Waals surface area contributed by atoms with Crippen LogP contribution in [0, 0.1) is 0 Å². The van der Waals surface area contributed by atoms with Crippen LogP contribution in [0.5, 0.6) is 11.5 Å². The molecule has 0 heterocycles. The molecule has 3 heteroatoms. The summed E-state index contributed by atoms with van der Waals surface area (Å²) in [5.41, 5.74) is 0.972. The first kappa shape index (κ1) is 9.45. The zero-order valence-electron chi connectivity index (χ0n) is 7.40. The fraction of sp³-hybridized carbons (Fsp3) is 0.200. The number of phenols is 1. The van der Waals surface area contributed by atoms with Crippen LogP contribution in [0.1, 0.15) is 5.56 Å². The van der Waals surface area contributed by atoms with Gasteiger partial charge in [0.1, 0.15) is 0 Å². The minimum absolute atomic E-state index is 0.124. The molecule has 3 nitrogen and oxygen atoms in total. The third-order valence-electron chi connectivity index (χ3n) is 1.70. The summed E-state index contributed by atoms with van der Waals surface area (Å²) in [5, 5.41) is 17.7. The fourth-order valence-electron chi connectivity index (χ4n) is 1.04. The van der Waals surface area contributed by atoms with Gasteiger partial charge in [-0.15, -0.1) is 0 Å². The summed E-state index contributed by atoms with van der Waals surface area (Å²) in [6.07, 6.45) is 3.23. The van der Waals surface area contributed by atoms with Crippen LogP contribution in [-0.2, 0) is 6.42 Å². The molecule has 0 aliphatic rings. The van der Waals surface area contributed by atoms with Crippen LogP contribution in [0.3, 0.4) is 0 Å². The lowest BCUT2D eigenvalue weighted by atomic mass is 10.1. The van der Waals surface area contributed by atoms with E-state index in [4.69, 9.17) is 9.84 Å². The Morgan fingerprint density at radius 1 is 1.46 bits per heavy atom. The van der Waals surface area contributed by atoms with Gasteiger partial charge < -0.3 is 14.9 Å². The van der Waals surface area contributed by atoms with E-state index in [0.717, 1.165) is 11.8 Å². The van der Waals surface area contributed by atoms with Crippen molar-refractivity contribution in [2.45, 2.75) is 6.42 Å². The number of hydrogen-bond donors (Lipinski definition) is 2. The third-order valence-corrected chi connectivity index (χ3v) is 1.70. The summed E-state index contributed by atoms with van der Waals surface area (Å²) in [6, 6.07) is 5.08. The Labute approximate surface area is 76.9 Å². The average molecular weight is 180 g/mol. The number of rotatable bonds is 3. The molecule has 70 valence electrons. The van der Waals surface area contributed by atoms with Gasteiger partial charge in [0.05, 0.1) is 13.4 Å². The van der Waals surface area contributed by atoms with Crippen molar-refractivity contribution in [1.29, 1.82) is 0 Å². The zero-order valence-corrected chi connectivity index (χ0v) is 7.40. The summed E-state index contributed by atoms with van der Waals surface area (Å²) in [6.45, 7) is 0. The second kappa shape index (κ2) is 4.40. The molecule has 0 saturated carbocycles. The van der Waals surface area contributed by atoms with Crippen LogP contribution in [-0.4, -0.2) is 17.3 Å². The number of aliphatic hydroxyl groups excluding tert-OH is 1. The number of methoxy groups -OCH3 is 1. The number of ether oxygens (including phenoxy) is 1. The van der Waals surface area contributed by atoms with Crippen molar-refractivity contribution in [3.63, 3.8) is 0 Å². The Morgan fingerprint density at radius 3 is 2.85 bits per heavy atom. The summed E-state index contributed by atoms with van der Waals surface area (Å²) in [7, 11) is 1.50. The monoisotopic (exact) mass is 180 g/mol. The highest BCUT2D eigenvalue weighted by molar-refractivity contribution is 5.42. The van der Waals surface area contributed by atoms with Crippen molar-refractivity contribution in [3.8, 4) is 11.5 Å². The summed E-state index contributed by atoms with van der Waals surface area (Å²) in [5.74, 6) is 0.572. The van der Waals surface area contributed by atoms with E-state index in [0.29, 0.717) is 12.2 Å². The number of allylic oxidation sites excluding steroid dienone is 1. The molecular formula is C10H12O3. The van der Waals surface area contributed by atoms with Gasteiger partial charge in [-0.25, -0.2) is 0 Å². The molecule has 0 saturated heterocycles. The lowest BCUT2D eigenvalue weighted by Gasteiger charge is -2.04. The third kappa shape index (κ3) is 2.40. The van der Waals surface area contributed by atoms with E-state index in [-0.39, 0.29) is 5.75 Å². The zero-order chi connectivity index (χ0) is 9.68. The van der Waals surface area contributed by atoms with E-state index in [1.807, 2.05) is 0 Å². The molecule has 0 aromatic heterocycles. The Balaban J connectivity index is 2.86. The molecule has 0 aliphatic carbocycles. The Bertz CT molecular complexity index is 305. The summed E-state index contributed by atoms with van der Waals surface area (Å²) < 4.78 is 4.93. The molecule has 1 rings (SSSR count). The van der Waals surface area contributed by atoms with Crippen molar-refractivity contribution in [2.75, 3.05) is 7.11 Å². The van der Waals surface area contributed by atoms with E-state index in [2.05, 4.69) is 0 Å². The molecular weight excluding hydrogens is 168 g/mol. The molecule has 0 fully saturated rings. The Kier molecular flexibility index (Phi) is 3.20. The lowest BCUT2D eigenvalue weighted by Crippen LogP contribution is -1.86. The molecule has 0 unspecified atom stereocenters. The van der Waals surface area contributed by atoms with Gasteiger partial charge in [-0.1, -0.05) is 6.07 Å². The maximum Gasteiger partial charge on any atom is 0.160 e. The molecule has 0 radical (unpaired) electrons. The van der Waals surface area contributed by atoms with E-state index < -0.39 is 0 Å². The standard InChI is InChI=1S/C10H12O3/c1-13-10-7-8(3-2-6-11)4-5-9(10)12/h2,4-7,11-12H,3H2,1H3. The SMILES string of the molecule is COc1cc(CC=CO)ccc1O. The van der Waals surface area contributed by atoms with E-state index in [1.165, 1.54) is 7.11 Å². The van der Waals surface area contributed by atoms with E-state index >= 15 is 0 Å². The normalized spacial score (nSPS) is 10.5. The number of aliphatic hydroxyl groups is 1. The van der Waals surface area contributed by atoms with Crippen molar-refractivity contribution in [3.05, 3.63) is 36.1 Å². The van der Waals surface area contributed by atoms with Crippen molar-refractivity contribution in [1.82, 2.24) is 0 Å². The molecule has 0 spiro atoms. The smallest absolute Gasteiger partial charge is 0.160 e. The van der Waals surface area contributed by atoms with Crippen LogP contribution in [0.2, 0.25) is 0 Å². The maximum absolute atomic E-state index is 9.27. The molecule has 1 aromatic carbocycles. The summed E-state index contributed by atoms with van der Waals surface area (Å²) in [4.78, 5) is 0. The second-order valence-electron chi connectivity index (χ2n) is 2.60. The van der Waals surface area contributed by atoms with E-state index in [9.17, 15) is 5.11 Å². The second-order valence-corrected chi connectivity index (χ2v) is 2.60. The van der Waals surface area contributed by atoms with Crippen LogP contribution in [0.25, 0.3) is 0 Å². The van der Waals surface area contributed by atoms with Gasteiger partial charge in [-0.3, -0.25) is 0 Å². The molecule has 1 aromatic rings. The molecule has 0 amide bonds. The van der Waals surface area contributed by atoms with Crippen molar-refractivity contribution < 1.29 is 14.9 Å². The molecule has 13 heavy (non-hydrogen) atoms. The summed E-state index contributed by atoms with van der Waals surface area (Å²) >= 11 is 0. The van der Waals surface area contributed by atoms with Crippen molar-refractivity contribution >= 4 is 0 Å². The number of aromatic hydroxyl groups is 1. The number of hydrogen-bond acceptors (Lipinski definition) is 3.